The summed E-state index contributed by atoms with van der Waals surface area (Å²) in [5, 5.41) is 4.38. The first kappa shape index (κ1) is 14.2. The predicted molar refractivity (Wildman–Crippen MR) is 76.0 cm³/mol. The first-order valence-electron chi connectivity index (χ1n) is 6.65. The van der Waals surface area contributed by atoms with E-state index in [1.807, 2.05) is 11.8 Å². The van der Waals surface area contributed by atoms with Crippen LogP contribution in [0.25, 0.3) is 0 Å². The molecule has 1 aliphatic rings. The number of nitrogens with two attached hydrogens (primary N) is 1. The number of anilines is 2. The van der Waals surface area contributed by atoms with Crippen LogP contribution in [0.4, 0.5) is 11.6 Å². The standard InChI is InChI=1S/C12H22N4O2S/c1-4-16-11(13)10(19(3,17)18)12(14-16)15-7-5-9(2)6-8-15/h9H,4-8,13H2,1-3H3. The molecule has 7 heteroatoms. The molecule has 0 unspecified atom stereocenters. The van der Waals surface area contributed by atoms with E-state index in [2.05, 4.69) is 12.0 Å². The molecule has 0 bridgehead atoms. The molecule has 6 nitrogen and oxygen atoms in total. The molecule has 1 aromatic heterocycles. The maximum absolute atomic E-state index is 12.0. The molecule has 0 amide bonds. The van der Waals surface area contributed by atoms with Crippen LogP contribution in [0.5, 0.6) is 0 Å². The van der Waals surface area contributed by atoms with Gasteiger partial charge in [-0.25, -0.2) is 13.1 Å². The van der Waals surface area contributed by atoms with Gasteiger partial charge in [0.2, 0.25) is 0 Å². The third kappa shape index (κ3) is 2.70. The summed E-state index contributed by atoms with van der Waals surface area (Å²) in [4.78, 5) is 2.22. The molecule has 2 N–H and O–H groups in total. The topological polar surface area (TPSA) is 81.2 Å². The number of nitrogen functional groups attached to an aromatic ring is 1. The van der Waals surface area contributed by atoms with E-state index in [4.69, 9.17) is 5.73 Å². The van der Waals surface area contributed by atoms with Crippen LogP contribution in [0.2, 0.25) is 0 Å². The van der Waals surface area contributed by atoms with E-state index >= 15 is 0 Å². The quantitative estimate of drug-likeness (QED) is 0.900. The van der Waals surface area contributed by atoms with Gasteiger partial charge in [0, 0.05) is 25.9 Å². The van der Waals surface area contributed by atoms with Crippen LogP contribution in [-0.2, 0) is 16.4 Å². The molecule has 0 aliphatic carbocycles. The summed E-state index contributed by atoms with van der Waals surface area (Å²) in [6, 6.07) is 0. The van der Waals surface area contributed by atoms with E-state index in [-0.39, 0.29) is 10.7 Å². The molecule has 0 radical (unpaired) electrons. The second-order valence-electron chi connectivity index (χ2n) is 5.30. The van der Waals surface area contributed by atoms with Gasteiger partial charge >= 0.3 is 0 Å². The molecule has 0 atom stereocenters. The first-order valence-corrected chi connectivity index (χ1v) is 8.55. The minimum atomic E-state index is -3.37. The average molecular weight is 286 g/mol. The SMILES string of the molecule is CCn1nc(N2CCC(C)CC2)c(S(C)(=O)=O)c1N. The van der Waals surface area contributed by atoms with Gasteiger partial charge in [-0.05, 0) is 25.7 Å². The Labute approximate surface area is 114 Å². The second-order valence-corrected chi connectivity index (χ2v) is 7.25. The van der Waals surface area contributed by atoms with Gasteiger partial charge in [0.15, 0.2) is 20.6 Å². The van der Waals surface area contributed by atoms with E-state index in [1.54, 1.807) is 4.68 Å². The number of piperidine rings is 1. The van der Waals surface area contributed by atoms with E-state index in [0.29, 0.717) is 18.3 Å². The van der Waals surface area contributed by atoms with Gasteiger partial charge in [-0.15, -0.1) is 0 Å². The Bertz CT molecular complexity index is 557. The number of sulfone groups is 1. The predicted octanol–water partition coefficient (Wildman–Crippen LogP) is 1.12. The fraction of sp³-hybridized carbons (Fsp3) is 0.750. The van der Waals surface area contributed by atoms with Crippen molar-refractivity contribution in [1.29, 1.82) is 0 Å². The lowest BCUT2D eigenvalue weighted by Gasteiger charge is -2.30. The number of aryl methyl sites for hydroxylation is 1. The van der Waals surface area contributed by atoms with Crippen LogP contribution in [-0.4, -0.2) is 37.5 Å². The highest BCUT2D eigenvalue weighted by molar-refractivity contribution is 7.91. The Morgan fingerprint density at radius 1 is 1.37 bits per heavy atom. The molecule has 0 aromatic carbocycles. The third-order valence-corrected chi connectivity index (χ3v) is 4.82. The highest BCUT2D eigenvalue weighted by Crippen LogP contribution is 2.32. The molecular weight excluding hydrogens is 264 g/mol. The maximum Gasteiger partial charge on any atom is 0.182 e. The van der Waals surface area contributed by atoms with Crippen LogP contribution in [0.3, 0.4) is 0 Å². The van der Waals surface area contributed by atoms with Gasteiger partial charge in [-0.1, -0.05) is 6.92 Å². The molecule has 0 saturated carbocycles. The minimum Gasteiger partial charge on any atom is -0.383 e. The molecular formula is C12H22N4O2S. The lowest BCUT2D eigenvalue weighted by Crippen LogP contribution is -2.34. The van der Waals surface area contributed by atoms with Crippen molar-refractivity contribution >= 4 is 21.5 Å². The zero-order chi connectivity index (χ0) is 14.2. The lowest BCUT2D eigenvalue weighted by molar-refractivity contribution is 0.434. The zero-order valence-electron chi connectivity index (χ0n) is 11.8. The van der Waals surface area contributed by atoms with E-state index in [0.717, 1.165) is 25.9 Å². The Balaban J connectivity index is 2.45. The van der Waals surface area contributed by atoms with Crippen molar-refractivity contribution < 1.29 is 8.42 Å². The molecule has 2 heterocycles. The van der Waals surface area contributed by atoms with Crippen molar-refractivity contribution in [2.45, 2.75) is 38.1 Å². The van der Waals surface area contributed by atoms with Gasteiger partial charge in [-0.2, -0.15) is 5.10 Å². The molecule has 1 saturated heterocycles. The lowest BCUT2D eigenvalue weighted by atomic mass is 9.99. The Morgan fingerprint density at radius 3 is 2.42 bits per heavy atom. The second kappa shape index (κ2) is 5.03. The average Bonchev–Trinajstić information content (AvgIpc) is 2.67. The zero-order valence-corrected chi connectivity index (χ0v) is 12.6. The number of hydrogen-bond donors (Lipinski definition) is 1. The summed E-state index contributed by atoms with van der Waals surface area (Å²) in [5.41, 5.74) is 5.93. The molecule has 1 aromatic rings. The van der Waals surface area contributed by atoms with Crippen LogP contribution < -0.4 is 10.6 Å². The van der Waals surface area contributed by atoms with Gasteiger partial charge in [-0.3, -0.25) is 0 Å². The first-order chi connectivity index (χ1) is 8.84. The van der Waals surface area contributed by atoms with Gasteiger partial charge in [0.25, 0.3) is 0 Å². The van der Waals surface area contributed by atoms with Crippen LogP contribution in [0, 0.1) is 5.92 Å². The van der Waals surface area contributed by atoms with Crippen molar-refractivity contribution in [3.63, 3.8) is 0 Å². The molecule has 1 aliphatic heterocycles. The molecule has 0 spiro atoms. The number of aromatic nitrogens is 2. The van der Waals surface area contributed by atoms with Crippen molar-refractivity contribution in [3.8, 4) is 0 Å². The summed E-state index contributed by atoms with van der Waals surface area (Å²) >= 11 is 0. The van der Waals surface area contributed by atoms with E-state index in [1.165, 1.54) is 6.26 Å². The summed E-state index contributed by atoms with van der Waals surface area (Å²) < 4.78 is 25.5. The number of nitrogens with zero attached hydrogens (tertiary/aromatic N) is 3. The molecule has 2 rings (SSSR count). The molecule has 1 fully saturated rings. The van der Waals surface area contributed by atoms with Gasteiger partial charge < -0.3 is 10.6 Å². The Morgan fingerprint density at radius 2 is 1.95 bits per heavy atom. The van der Waals surface area contributed by atoms with E-state index in [9.17, 15) is 8.42 Å². The highest BCUT2D eigenvalue weighted by Gasteiger charge is 2.29. The molecule has 19 heavy (non-hydrogen) atoms. The monoisotopic (exact) mass is 286 g/mol. The number of rotatable bonds is 3. The third-order valence-electron chi connectivity index (χ3n) is 3.68. The fourth-order valence-corrected chi connectivity index (χ4v) is 3.46. The smallest absolute Gasteiger partial charge is 0.182 e. The summed E-state index contributed by atoms with van der Waals surface area (Å²) in [7, 11) is -3.37. The maximum atomic E-state index is 12.0. The van der Waals surface area contributed by atoms with Crippen molar-refractivity contribution in [2.24, 2.45) is 5.92 Å². The summed E-state index contributed by atoms with van der Waals surface area (Å²) in [6.45, 7) is 6.36. The van der Waals surface area contributed by atoms with Crippen molar-refractivity contribution in [3.05, 3.63) is 0 Å². The van der Waals surface area contributed by atoms with Crippen LogP contribution in [0.1, 0.15) is 26.7 Å². The van der Waals surface area contributed by atoms with Crippen LogP contribution in [0.15, 0.2) is 4.90 Å². The Kier molecular flexibility index (Phi) is 3.75. The van der Waals surface area contributed by atoms with Crippen molar-refractivity contribution in [1.82, 2.24) is 9.78 Å². The molecule has 108 valence electrons. The van der Waals surface area contributed by atoms with Crippen LogP contribution >= 0.6 is 0 Å². The summed E-state index contributed by atoms with van der Waals surface area (Å²) in [5.74, 6) is 1.45. The normalized spacial score (nSPS) is 17.9. The minimum absolute atomic E-state index is 0.184. The summed E-state index contributed by atoms with van der Waals surface area (Å²) in [6.07, 6.45) is 3.31. The fourth-order valence-electron chi connectivity index (χ4n) is 2.47. The number of hydrogen-bond acceptors (Lipinski definition) is 5. The highest BCUT2D eigenvalue weighted by atomic mass is 32.2. The van der Waals surface area contributed by atoms with E-state index < -0.39 is 9.84 Å². The largest absolute Gasteiger partial charge is 0.383 e. The van der Waals surface area contributed by atoms with Gasteiger partial charge in [0.05, 0.1) is 0 Å². The Hall–Kier alpha value is -1.24. The van der Waals surface area contributed by atoms with Gasteiger partial charge in [0.1, 0.15) is 5.82 Å². The van der Waals surface area contributed by atoms with Crippen molar-refractivity contribution in [2.75, 3.05) is 30.0 Å².